The summed E-state index contributed by atoms with van der Waals surface area (Å²) in [5, 5.41) is 13.4. The molecule has 0 aliphatic carbocycles. The maximum atomic E-state index is 9.64. The number of halogens is 1. The first-order valence-corrected chi connectivity index (χ1v) is 5.19. The molecule has 1 heterocycles. The van der Waals surface area contributed by atoms with Gasteiger partial charge in [0.25, 0.3) is 0 Å². The Hall–Kier alpha value is -0.320. The van der Waals surface area contributed by atoms with Crippen LogP contribution in [0.4, 0.5) is 5.13 Å². The monoisotopic (exact) mass is 220 g/mol. The van der Waals surface area contributed by atoms with Crippen molar-refractivity contribution >= 4 is 28.1 Å². The Morgan fingerprint density at radius 1 is 1.69 bits per heavy atom. The maximum absolute atomic E-state index is 9.64. The van der Waals surface area contributed by atoms with Crippen LogP contribution < -0.4 is 5.32 Å². The summed E-state index contributed by atoms with van der Waals surface area (Å²) in [5.74, 6) is 0. The van der Waals surface area contributed by atoms with Gasteiger partial charge in [0.2, 0.25) is 0 Å². The third-order valence-corrected chi connectivity index (χ3v) is 2.92. The summed E-state index contributed by atoms with van der Waals surface area (Å²) in [6.07, 6.45) is 1.59. The van der Waals surface area contributed by atoms with E-state index in [2.05, 4.69) is 10.3 Å². The van der Waals surface area contributed by atoms with E-state index in [1.54, 1.807) is 20.0 Å². The number of anilines is 1. The number of nitrogens with one attached hydrogen (secondary N) is 1. The summed E-state index contributed by atoms with van der Waals surface area (Å²) in [6.45, 7) is 5.40. The van der Waals surface area contributed by atoms with Gasteiger partial charge in [-0.2, -0.15) is 0 Å². The van der Waals surface area contributed by atoms with Gasteiger partial charge in [0, 0.05) is 0 Å². The zero-order valence-corrected chi connectivity index (χ0v) is 9.41. The fourth-order valence-corrected chi connectivity index (χ4v) is 1.58. The van der Waals surface area contributed by atoms with Crippen LogP contribution in [-0.4, -0.2) is 21.7 Å². The number of hydrogen-bond donors (Lipinski definition) is 2. The predicted octanol–water partition coefficient (Wildman–Crippen LogP) is 2.37. The lowest BCUT2D eigenvalue weighted by atomic mass is 10.0. The first-order valence-electron chi connectivity index (χ1n) is 4.00. The number of nitrogens with zero attached hydrogens (tertiary/aromatic N) is 1. The van der Waals surface area contributed by atoms with Crippen molar-refractivity contribution in [1.82, 2.24) is 4.98 Å². The fraction of sp³-hybridized carbons (Fsp3) is 0.625. The molecular formula is C8H13ClN2OS. The fourth-order valence-electron chi connectivity index (χ4n) is 0.683. The van der Waals surface area contributed by atoms with Gasteiger partial charge < -0.3 is 10.4 Å². The second kappa shape index (κ2) is 3.82. The van der Waals surface area contributed by atoms with E-state index < -0.39 is 5.60 Å². The Balaban J connectivity index is 2.60. The molecule has 1 atom stereocenters. The first-order chi connectivity index (χ1) is 5.89. The van der Waals surface area contributed by atoms with Crippen LogP contribution in [0.2, 0.25) is 4.34 Å². The summed E-state index contributed by atoms with van der Waals surface area (Å²) in [6, 6.07) is -0.0604. The van der Waals surface area contributed by atoms with Crippen molar-refractivity contribution in [3.05, 3.63) is 10.5 Å². The molecule has 1 aromatic heterocycles. The molecule has 1 rings (SSSR count). The largest absolute Gasteiger partial charge is 0.388 e. The van der Waals surface area contributed by atoms with Crippen LogP contribution >= 0.6 is 22.9 Å². The molecule has 0 aromatic carbocycles. The molecule has 2 N–H and O–H groups in total. The van der Waals surface area contributed by atoms with Crippen LogP contribution in [0.15, 0.2) is 6.20 Å². The lowest BCUT2D eigenvalue weighted by molar-refractivity contribution is 0.0649. The van der Waals surface area contributed by atoms with Crippen LogP contribution in [0, 0.1) is 0 Å². The predicted molar refractivity (Wildman–Crippen MR) is 56.5 cm³/mol. The van der Waals surface area contributed by atoms with Crippen molar-refractivity contribution in [2.75, 3.05) is 5.32 Å². The Kier molecular flexibility index (Phi) is 3.16. The van der Waals surface area contributed by atoms with Crippen LogP contribution in [0.25, 0.3) is 0 Å². The van der Waals surface area contributed by atoms with Crippen LogP contribution in [-0.2, 0) is 0 Å². The number of hydrogen-bond acceptors (Lipinski definition) is 4. The second-order valence-electron chi connectivity index (χ2n) is 3.49. The third kappa shape index (κ3) is 3.14. The molecule has 0 saturated carbocycles. The van der Waals surface area contributed by atoms with Gasteiger partial charge >= 0.3 is 0 Å². The Labute approximate surface area is 86.8 Å². The van der Waals surface area contributed by atoms with Gasteiger partial charge in [-0.1, -0.05) is 22.9 Å². The lowest BCUT2D eigenvalue weighted by Crippen LogP contribution is -2.39. The summed E-state index contributed by atoms with van der Waals surface area (Å²) in [4.78, 5) is 4.03. The maximum Gasteiger partial charge on any atom is 0.184 e. The lowest BCUT2D eigenvalue weighted by Gasteiger charge is -2.26. The van der Waals surface area contributed by atoms with Crippen LogP contribution in [0.5, 0.6) is 0 Å². The zero-order chi connectivity index (χ0) is 10.1. The van der Waals surface area contributed by atoms with Crippen molar-refractivity contribution in [3.8, 4) is 0 Å². The first kappa shape index (κ1) is 10.8. The molecule has 0 aliphatic heterocycles. The minimum atomic E-state index is -0.766. The Morgan fingerprint density at radius 2 is 2.31 bits per heavy atom. The van der Waals surface area contributed by atoms with E-state index in [0.29, 0.717) is 4.34 Å². The van der Waals surface area contributed by atoms with Gasteiger partial charge in [-0.05, 0) is 20.8 Å². The van der Waals surface area contributed by atoms with Gasteiger partial charge in [-0.25, -0.2) is 4.98 Å². The second-order valence-corrected chi connectivity index (χ2v) is 5.15. The minimum absolute atomic E-state index is 0.0604. The summed E-state index contributed by atoms with van der Waals surface area (Å²) >= 11 is 7.08. The van der Waals surface area contributed by atoms with Crippen molar-refractivity contribution in [3.63, 3.8) is 0 Å². The van der Waals surface area contributed by atoms with Crippen LogP contribution in [0.3, 0.4) is 0 Å². The van der Waals surface area contributed by atoms with Crippen molar-refractivity contribution < 1.29 is 5.11 Å². The van der Waals surface area contributed by atoms with Crippen LogP contribution in [0.1, 0.15) is 20.8 Å². The molecule has 13 heavy (non-hydrogen) atoms. The Bertz CT molecular complexity index is 282. The SMILES string of the molecule is CC(Nc1ncc(Cl)s1)C(C)(C)O. The average molecular weight is 221 g/mol. The molecule has 0 saturated heterocycles. The Morgan fingerprint density at radius 3 is 2.69 bits per heavy atom. The molecule has 5 heteroatoms. The van der Waals surface area contributed by atoms with Gasteiger partial charge in [-0.3, -0.25) is 0 Å². The van der Waals surface area contributed by atoms with E-state index in [1.807, 2.05) is 6.92 Å². The smallest absolute Gasteiger partial charge is 0.184 e. The molecule has 0 aliphatic rings. The number of thiazole rings is 1. The van der Waals surface area contributed by atoms with Gasteiger partial charge in [0.1, 0.15) is 4.34 Å². The molecular weight excluding hydrogens is 208 g/mol. The van der Waals surface area contributed by atoms with E-state index in [1.165, 1.54) is 11.3 Å². The van der Waals surface area contributed by atoms with Crippen molar-refractivity contribution in [2.24, 2.45) is 0 Å². The highest BCUT2D eigenvalue weighted by atomic mass is 35.5. The normalized spacial score (nSPS) is 14.2. The highest BCUT2D eigenvalue weighted by Crippen LogP contribution is 2.24. The van der Waals surface area contributed by atoms with E-state index in [-0.39, 0.29) is 6.04 Å². The van der Waals surface area contributed by atoms with Gasteiger partial charge in [-0.15, -0.1) is 0 Å². The van der Waals surface area contributed by atoms with E-state index in [9.17, 15) is 5.11 Å². The number of aromatic nitrogens is 1. The molecule has 1 aromatic rings. The third-order valence-electron chi connectivity index (χ3n) is 1.88. The molecule has 3 nitrogen and oxygen atoms in total. The molecule has 0 radical (unpaired) electrons. The molecule has 0 fully saturated rings. The summed E-state index contributed by atoms with van der Waals surface area (Å²) in [5.41, 5.74) is -0.766. The quantitative estimate of drug-likeness (QED) is 0.822. The standard InChI is InChI=1S/C8H13ClN2OS/c1-5(8(2,3)12)11-7-10-4-6(9)13-7/h4-5,12H,1-3H3,(H,10,11). The number of aliphatic hydroxyl groups is 1. The highest BCUT2D eigenvalue weighted by molar-refractivity contribution is 7.19. The van der Waals surface area contributed by atoms with Crippen molar-refractivity contribution in [1.29, 1.82) is 0 Å². The molecule has 1 unspecified atom stereocenters. The van der Waals surface area contributed by atoms with E-state index in [0.717, 1.165) is 5.13 Å². The molecule has 74 valence electrons. The van der Waals surface area contributed by atoms with Gasteiger partial charge in [0.05, 0.1) is 17.8 Å². The highest BCUT2D eigenvalue weighted by Gasteiger charge is 2.22. The molecule has 0 amide bonds. The molecule has 0 bridgehead atoms. The number of rotatable bonds is 3. The summed E-state index contributed by atoms with van der Waals surface area (Å²) < 4.78 is 0.644. The summed E-state index contributed by atoms with van der Waals surface area (Å²) in [7, 11) is 0. The molecule has 0 spiro atoms. The van der Waals surface area contributed by atoms with Crippen molar-refractivity contribution in [2.45, 2.75) is 32.4 Å². The topological polar surface area (TPSA) is 45.2 Å². The minimum Gasteiger partial charge on any atom is -0.388 e. The van der Waals surface area contributed by atoms with Gasteiger partial charge in [0.15, 0.2) is 5.13 Å². The van der Waals surface area contributed by atoms with E-state index >= 15 is 0 Å². The average Bonchev–Trinajstić information content (AvgIpc) is 2.33. The van der Waals surface area contributed by atoms with E-state index in [4.69, 9.17) is 11.6 Å². The zero-order valence-electron chi connectivity index (χ0n) is 7.84.